The summed E-state index contributed by atoms with van der Waals surface area (Å²) in [6, 6.07) is 8.34. The van der Waals surface area contributed by atoms with Crippen molar-refractivity contribution in [3.8, 4) is 0 Å². The molecule has 0 saturated carbocycles. The molecule has 2 aliphatic heterocycles. The molecule has 1 atom stereocenters. The third-order valence-corrected chi connectivity index (χ3v) is 4.92. The Morgan fingerprint density at radius 2 is 2.26 bits per heavy atom. The van der Waals surface area contributed by atoms with Crippen molar-refractivity contribution >= 4 is 16.9 Å². The van der Waals surface area contributed by atoms with Gasteiger partial charge in [-0.25, -0.2) is 4.79 Å². The van der Waals surface area contributed by atoms with Crippen molar-refractivity contribution in [3.05, 3.63) is 35.5 Å². The lowest BCUT2D eigenvalue weighted by atomic mass is 10.0. The van der Waals surface area contributed by atoms with Crippen molar-refractivity contribution in [2.45, 2.75) is 38.3 Å². The lowest BCUT2D eigenvalue weighted by Gasteiger charge is -2.29. The van der Waals surface area contributed by atoms with Crippen molar-refractivity contribution in [2.24, 2.45) is 0 Å². The zero-order valence-corrected chi connectivity index (χ0v) is 13.3. The van der Waals surface area contributed by atoms with Gasteiger partial charge in [0.15, 0.2) is 0 Å². The fraction of sp³-hybridized carbons (Fsp3) is 0.500. The van der Waals surface area contributed by atoms with Gasteiger partial charge in [-0.05, 0) is 25.3 Å². The number of carbonyl (C=O) groups is 1. The number of fused-ring (bicyclic) bond motifs is 3. The molecule has 5 heteroatoms. The van der Waals surface area contributed by atoms with Crippen LogP contribution < -0.4 is 5.32 Å². The number of ether oxygens (including phenoxy) is 1. The Hall–Kier alpha value is -2.01. The number of nitrogens with zero attached hydrogens (tertiary/aromatic N) is 1. The first-order chi connectivity index (χ1) is 11.3. The van der Waals surface area contributed by atoms with Crippen LogP contribution >= 0.6 is 0 Å². The van der Waals surface area contributed by atoms with E-state index in [1.54, 1.807) is 0 Å². The number of hydrogen-bond donors (Lipinski definition) is 2. The van der Waals surface area contributed by atoms with Gasteiger partial charge >= 0.3 is 6.03 Å². The van der Waals surface area contributed by atoms with E-state index < -0.39 is 0 Å². The fourth-order valence-corrected chi connectivity index (χ4v) is 3.62. The second kappa shape index (κ2) is 6.24. The number of urea groups is 1. The zero-order valence-electron chi connectivity index (χ0n) is 13.3. The largest absolute Gasteiger partial charge is 0.376 e. The standard InChI is InChI=1S/C18H23N3O2/c22-18(19-11-13-5-3-4-10-23-13)21-9-8-17-15(12-21)14-6-1-2-7-16(14)20-17/h1-2,6-7,13,20H,3-5,8-12H2,(H,19,22). The minimum absolute atomic E-state index is 0.0232. The van der Waals surface area contributed by atoms with E-state index in [1.165, 1.54) is 23.1 Å². The van der Waals surface area contributed by atoms with Crippen molar-refractivity contribution in [2.75, 3.05) is 19.7 Å². The molecule has 1 aromatic heterocycles. The zero-order chi connectivity index (χ0) is 15.6. The maximum absolute atomic E-state index is 12.5. The van der Waals surface area contributed by atoms with Crippen LogP contribution in [-0.2, 0) is 17.7 Å². The molecule has 0 spiro atoms. The molecule has 122 valence electrons. The highest BCUT2D eigenvalue weighted by molar-refractivity contribution is 5.85. The van der Waals surface area contributed by atoms with Crippen molar-refractivity contribution in [1.29, 1.82) is 0 Å². The molecule has 0 radical (unpaired) electrons. The second-order valence-electron chi connectivity index (χ2n) is 6.47. The summed E-state index contributed by atoms with van der Waals surface area (Å²) in [5.41, 5.74) is 3.69. The van der Waals surface area contributed by atoms with Gasteiger partial charge in [0, 0.05) is 54.8 Å². The molecule has 4 rings (SSSR count). The monoisotopic (exact) mass is 313 g/mol. The normalized spacial score (nSPS) is 21.2. The number of amides is 2. The first-order valence-corrected chi connectivity index (χ1v) is 8.54. The maximum Gasteiger partial charge on any atom is 0.317 e. The molecular weight excluding hydrogens is 290 g/mol. The van der Waals surface area contributed by atoms with Crippen LogP contribution in [0.5, 0.6) is 0 Å². The average molecular weight is 313 g/mol. The van der Waals surface area contributed by atoms with E-state index in [9.17, 15) is 4.79 Å². The van der Waals surface area contributed by atoms with Crippen LogP contribution in [-0.4, -0.2) is 41.7 Å². The van der Waals surface area contributed by atoms with Crippen molar-refractivity contribution < 1.29 is 9.53 Å². The molecule has 3 heterocycles. The van der Waals surface area contributed by atoms with Crippen LogP contribution in [0.2, 0.25) is 0 Å². The molecule has 0 aliphatic carbocycles. The van der Waals surface area contributed by atoms with Gasteiger partial charge in [0.2, 0.25) is 0 Å². The summed E-state index contributed by atoms with van der Waals surface area (Å²) in [5, 5.41) is 4.28. The number of para-hydroxylation sites is 1. The number of H-pyrrole nitrogens is 1. The van der Waals surface area contributed by atoms with E-state index in [-0.39, 0.29) is 12.1 Å². The number of rotatable bonds is 2. The van der Waals surface area contributed by atoms with Gasteiger partial charge in [-0.15, -0.1) is 0 Å². The van der Waals surface area contributed by atoms with E-state index >= 15 is 0 Å². The van der Waals surface area contributed by atoms with Gasteiger partial charge in [0.05, 0.1) is 6.10 Å². The molecule has 2 N–H and O–H groups in total. The minimum Gasteiger partial charge on any atom is -0.376 e. The smallest absolute Gasteiger partial charge is 0.317 e. The summed E-state index contributed by atoms with van der Waals surface area (Å²) in [6.45, 7) is 2.88. The highest BCUT2D eigenvalue weighted by atomic mass is 16.5. The Bertz CT molecular complexity index is 703. The molecule has 1 aromatic carbocycles. The Labute approximate surface area is 136 Å². The van der Waals surface area contributed by atoms with Crippen LogP contribution in [0.25, 0.3) is 10.9 Å². The number of carbonyl (C=O) groups excluding carboxylic acids is 1. The summed E-state index contributed by atoms with van der Waals surface area (Å²) in [7, 11) is 0. The quantitative estimate of drug-likeness (QED) is 0.896. The van der Waals surface area contributed by atoms with E-state index in [4.69, 9.17) is 4.74 Å². The first-order valence-electron chi connectivity index (χ1n) is 8.54. The Balaban J connectivity index is 1.41. The number of hydrogen-bond acceptors (Lipinski definition) is 2. The number of nitrogens with one attached hydrogen (secondary N) is 2. The SMILES string of the molecule is O=C(NCC1CCCCO1)N1CCc2[nH]c3ccccc3c2C1. The van der Waals surface area contributed by atoms with Gasteiger partial charge in [-0.2, -0.15) is 0 Å². The van der Waals surface area contributed by atoms with E-state index in [1.807, 2.05) is 11.0 Å². The van der Waals surface area contributed by atoms with Gasteiger partial charge < -0.3 is 19.9 Å². The Kier molecular flexibility index (Phi) is 3.95. The molecule has 1 unspecified atom stereocenters. The predicted octanol–water partition coefficient (Wildman–Crippen LogP) is 2.80. The fourth-order valence-electron chi connectivity index (χ4n) is 3.62. The van der Waals surface area contributed by atoms with Gasteiger partial charge in [0.1, 0.15) is 0 Å². The number of aromatic amines is 1. The number of benzene rings is 1. The van der Waals surface area contributed by atoms with Gasteiger partial charge in [-0.1, -0.05) is 18.2 Å². The predicted molar refractivity (Wildman–Crippen MR) is 89.4 cm³/mol. The summed E-state index contributed by atoms with van der Waals surface area (Å²) in [5.74, 6) is 0. The Morgan fingerprint density at radius 3 is 3.13 bits per heavy atom. The molecule has 5 nitrogen and oxygen atoms in total. The third kappa shape index (κ3) is 2.93. The van der Waals surface area contributed by atoms with E-state index in [2.05, 4.69) is 28.5 Å². The first kappa shape index (κ1) is 14.6. The van der Waals surface area contributed by atoms with Gasteiger partial charge in [0.25, 0.3) is 0 Å². The summed E-state index contributed by atoms with van der Waals surface area (Å²) in [6.07, 6.45) is 4.45. The molecule has 0 bridgehead atoms. The third-order valence-electron chi connectivity index (χ3n) is 4.92. The van der Waals surface area contributed by atoms with Crippen LogP contribution in [0.4, 0.5) is 4.79 Å². The van der Waals surface area contributed by atoms with Crippen molar-refractivity contribution in [1.82, 2.24) is 15.2 Å². The minimum atomic E-state index is 0.0232. The molecule has 1 fully saturated rings. The highest BCUT2D eigenvalue weighted by Crippen LogP contribution is 2.27. The second-order valence-corrected chi connectivity index (χ2v) is 6.47. The lowest BCUT2D eigenvalue weighted by Crippen LogP contribution is -2.45. The van der Waals surface area contributed by atoms with Crippen LogP contribution in [0, 0.1) is 0 Å². The van der Waals surface area contributed by atoms with E-state index in [0.717, 1.165) is 37.9 Å². The molecule has 1 saturated heterocycles. The van der Waals surface area contributed by atoms with E-state index in [0.29, 0.717) is 13.1 Å². The lowest BCUT2D eigenvalue weighted by molar-refractivity contribution is 0.0176. The number of aromatic nitrogens is 1. The molecule has 23 heavy (non-hydrogen) atoms. The van der Waals surface area contributed by atoms with Gasteiger partial charge in [-0.3, -0.25) is 0 Å². The summed E-state index contributed by atoms with van der Waals surface area (Å²) < 4.78 is 5.68. The Morgan fingerprint density at radius 1 is 1.35 bits per heavy atom. The molecule has 2 aliphatic rings. The molecular formula is C18H23N3O2. The van der Waals surface area contributed by atoms with Crippen LogP contribution in [0.1, 0.15) is 30.5 Å². The van der Waals surface area contributed by atoms with Crippen LogP contribution in [0.3, 0.4) is 0 Å². The maximum atomic E-state index is 12.5. The summed E-state index contributed by atoms with van der Waals surface area (Å²) in [4.78, 5) is 17.8. The molecule has 2 amide bonds. The van der Waals surface area contributed by atoms with Crippen LogP contribution in [0.15, 0.2) is 24.3 Å². The molecule has 2 aromatic rings. The average Bonchev–Trinajstić information content (AvgIpc) is 2.98. The van der Waals surface area contributed by atoms with Crippen molar-refractivity contribution in [3.63, 3.8) is 0 Å². The highest BCUT2D eigenvalue weighted by Gasteiger charge is 2.24. The topological polar surface area (TPSA) is 57.4 Å². The summed E-state index contributed by atoms with van der Waals surface area (Å²) >= 11 is 0.